The lowest BCUT2D eigenvalue weighted by Gasteiger charge is -2.08. The van der Waals surface area contributed by atoms with Crippen LogP contribution in [0.5, 0.6) is 5.75 Å². The van der Waals surface area contributed by atoms with Crippen LogP contribution in [-0.4, -0.2) is 24.4 Å². The third-order valence-electron chi connectivity index (χ3n) is 2.02. The first kappa shape index (κ1) is 12.8. The lowest BCUT2D eigenvalue weighted by molar-refractivity contribution is -0.120. The van der Waals surface area contributed by atoms with Crippen LogP contribution in [0.15, 0.2) is 24.3 Å². The number of carbonyl (C=O) groups excluding carboxylic acids is 1. The molecule has 0 saturated heterocycles. The molecule has 1 atom stereocenters. The van der Waals surface area contributed by atoms with Gasteiger partial charge in [0.25, 0.3) is 0 Å². The lowest BCUT2D eigenvalue weighted by Crippen LogP contribution is -2.32. The van der Waals surface area contributed by atoms with Gasteiger partial charge in [-0.25, -0.2) is 0 Å². The molecule has 16 heavy (non-hydrogen) atoms. The van der Waals surface area contributed by atoms with Crippen molar-refractivity contribution in [2.24, 2.45) is 0 Å². The third kappa shape index (κ3) is 4.53. The fraction of sp³-hybridized carbons (Fsp3) is 0.417. The summed E-state index contributed by atoms with van der Waals surface area (Å²) in [6, 6.07) is 7.78. The summed E-state index contributed by atoms with van der Waals surface area (Å²) in [7, 11) is 0. The van der Waals surface area contributed by atoms with E-state index in [0.717, 1.165) is 11.3 Å². The number of alkyl halides is 1. The molecule has 0 aliphatic rings. The van der Waals surface area contributed by atoms with E-state index < -0.39 is 5.38 Å². The molecule has 88 valence electrons. The Labute approximate surface area is 101 Å². The molecular formula is C12H16ClNO2. The molecule has 0 aliphatic heterocycles. The van der Waals surface area contributed by atoms with Crippen molar-refractivity contribution in [1.29, 1.82) is 0 Å². The molecule has 1 rings (SSSR count). The monoisotopic (exact) mass is 241 g/mol. The van der Waals surface area contributed by atoms with Crippen LogP contribution in [0.2, 0.25) is 0 Å². The number of hydrogen-bond donors (Lipinski definition) is 1. The smallest absolute Gasteiger partial charge is 0.237 e. The minimum Gasteiger partial charge on any atom is -0.492 e. The number of halogens is 1. The largest absolute Gasteiger partial charge is 0.492 e. The van der Waals surface area contributed by atoms with E-state index >= 15 is 0 Å². The number of aryl methyl sites for hydroxylation is 1. The lowest BCUT2D eigenvalue weighted by atomic mass is 10.2. The SMILES string of the molecule is Cc1cccc(OCCNC(=O)[C@@H](C)Cl)c1. The highest BCUT2D eigenvalue weighted by atomic mass is 35.5. The Morgan fingerprint density at radius 1 is 1.56 bits per heavy atom. The van der Waals surface area contributed by atoms with Crippen LogP contribution in [0.1, 0.15) is 12.5 Å². The number of benzene rings is 1. The Kier molecular flexibility index (Phi) is 5.12. The maximum absolute atomic E-state index is 11.1. The fourth-order valence-corrected chi connectivity index (χ4v) is 1.27. The number of carbonyl (C=O) groups is 1. The van der Waals surface area contributed by atoms with Crippen molar-refractivity contribution in [2.45, 2.75) is 19.2 Å². The zero-order chi connectivity index (χ0) is 12.0. The molecule has 0 aromatic heterocycles. The van der Waals surface area contributed by atoms with Crippen LogP contribution in [0, 0.1) is 6.92 Å². The molecule has 0 unspecified atom stereocenters. The van der Waals surface area contributed by atoms with E-state index in [4.69, 9.17) is 16.3 Å². The van der Waals surface area contributed by atoms with Crippen molar-refractivity contribution in [3.63, 3.8) is 0 Å². The molecule has 0 bridgehead atoms. The van der Waals surface area contributed by atoms with Crippen LogP contribution < -0.4 is 10.1 Å². The van der Waals surface area contributed by atoms with Gasteiger partial charge in [-0.3, -0.25) is 4.79 Å². The minimum atomic E-state index is -0.501. The summed E-state index contributed by atoms with van der Waals surface area (Å²) in [4.78, 5) is 11.1. The Morgan fingerprint density at radius 2 is 2.31 bits per heavy atom. The van der Waals surface area contributed by atoms with Crippen molar-refractivity contribution in [3.05, 3.63) is 29.8 Å². The van der Waals surface area contributed by atoms with Gasteiger partial charge in [-0.05, 0) is 31.5 Å². The van der Waals surface area contributed by atoms with Crippen LogP contribution in [-0.2, 0) is 4.79 Å². The molecule has 1 amide bonds. The predicted octanol–water partition coefficient (Wildman–Crippen LogP) is 2.12. The zero-order valence-electron chi connectivity index (χ0n) is 9.50. The summed E-state index contributed by atoms with van der Waals surface area (Å²) in [6.45, 7) is 4.55. The number of hydrogen-bond acceptors (Lipinski definition) is 2. The first-order valence-electron chi connectivity index (χ1n) is 5.21. The van der Waals surface area contributed by atoms with Crippen LogP contribution in [0.3, 0.4) is 0 Å². The average Bonchev–Trinajstić information content (AvgIpc) is 2.24. The van der Waals surface area contributed by atoms with Gasteiger partial charge in [0.15, 0.2) is 0 Å². The van der Waals surface area contributed by atoms with Gasteiger partial charge in [-0.1, -0.05) is 12.1 Å². The zero-order valence-corrected chi connectivity index (χ0v) is 10.3. The van der Waals surface area contributed by atoms with Crippen molar-refractivity contribution >= 4 is 17.5 Å². The van der Waals surface area contributed by atoms with E-state index in [9.17, 15) is 4.79 Å². The molecule has 4 heteroatoms. The summed E-state index contributed by atoms with van der Waals surface area (Å²) >= 11 is 5.59. The predicted molar refractivity (Wildman–Crippen MR) is 65.0 cm³/mol. The van der Waals surface area contributed by atoms with Gasteiger partial charge in [-0.15, -0.1) is 11.6 Å². The maximum Gasteiger partial charge on any atom is 0.237 e. The van der Waals surface area contributed by atoms with Crippen LogP contribution in [0.4, 0.5) is 0 Å². The number of amides is 1. The Hall–Kier alpha value is -1.22. The normalized spacial score (nSPS) is 11.9. The quantitative estimate of drug-likeness (QED) is 0.634. The number of nitrogens with one attached hydrogen (secondary N) is 1. The Bertz CT molecular complexity index is 353. The van der Waals surface area contributed by atoms with Gasteiger partial charge < -0.3 is 10.1 Å². The summed E-state index contributed by atoms with van der Waals surface area (Å²) in [5, 5.41) is 2.17. The molecule has 1 N–H and O–H groups in total. The molecule has 0 fully saturated rings. The highest BCUT2D eigenvalue weighted by molar-refractivity contribution is 6.30. The first-order valence-corrected chi connectivity index (χ1v) is 5.64. The fourth-order valence-electron chi connectivity index (χ4n) is 1.19. The van der Waals surface area contributed by atoms with E-state index in [1.165, 1.54) is 0 Å². The highest BCUT2D eigenvalue weighted by Crippen LogP contribution is 2.11. The summed E-state index contributed by atoms with van der Waals surface area (Å²) in [5.74, 6) is 0.641. The molecule has 0 heterocycles. The van der Waals surface area contributed by atoms with Gasteiger partial charge in [0.1, 0.15) is 17.7 Å². The molecule has 0 aliphatic carbocycles. The Balaban J connectivity index is 2.23. The molecule has 0 spiro atoms. The maximum atomic E-state index is 11.1. The van der Waals surface area contributed by atoms with Gasteiger partial charge in [-0.2, -0.15) is 0 Å². The van der Waals surface area contributed by atoms with Gasteiger partial charge in [0.2, 0.25) is 5.91 Å². The second-order valence-electron chi connectivity index (χ2n) is 3.57. The van der Waals surface area contributed by atoms with E-state index in [0.29, 0.717) is 13.2 Å². The molecule has 1 aromatic carbocycles. The van der Waals surface area contributed by atoms with E-state index in [-0.39, 0.29) is 5.91 Å². The number of ether oxygens (including phenoxy) is 1. The van der Waals surface area contributed by atoms with Crippen LogP contribution in [0.25, 0.3) is 0 Å². The molecule has 0 saturated carbocycles. The average molecular weight is 242 g/mol. The van der Waals surface area contributed by atoms with Crippen molar-refractivity contribution in [1.82, 2.24) is 5.32 Å². The van der Waals surface area contributed by atoms with Gasteiger partial charge >= 0.3 is 0 Å². The van der Waals surface area contributed by atoms with E-state index in [2.05, 4.69) is 5.32 Å². The van der Waals surface area contributed by atoms with Crippen LogP contribution >= 0.6 is 11.6 Å². The first-order chi connectivity index (χ1) is 7.59. The Morgan fingerprint density at radius 3 is 2.94 bits per heavy atom. The summed E-state index contributed by atoms with van der Waals surface area (Å²) in [5.41, 5.74) is 1.15. The van der Waals surface area contributed by atoms with Crippen molar-refractivity contribution < 1.29 is 9.53 Å². The number of rotatable bonds is 5. The second kappa shape index (κ2) is 6.38. The molecule has 3 nitrogen and oxygen atoms in total. The van der Waals surface area contributed by atoms with E-state index in [1.807, 2.05) is 31.2 Å². The topological polar surface area (TPSA) is 38.3 Å². The summed E-state index contributed by atoms with van der Waals surface area (Å²) in [6.07, 6.45) is 0. The summed E-state index contributed by atoms with van der Waals surface area (Å²) < 4.78 is 5.46. The van der Waals surface area contributed by atoms with E-state index in [1.54, 1.807) is 6.92 Å². The third-order valence-corrected chi connectivity index (χ3v) is 2.22. The molecular weight excluding hydrogens is 226 g/mol. The molecule has 0 radical (unpaired) electrons. The highest BCUT2D eigenvalue weighted by Gasteiger charge is 2.07. The second-order valence-corrected chi connectivity index (χ2v) is 4.23. The van der Waals surface area contributed by atoms with Gasteiger partial charge in [0, 0.05) is 0 Å². The molecule has 1 aromatic rings. The van der Waals surface area contributed by atoms with Gasteiger partial charge in [0.05, 0.1) is 6.54 Å². The van der Waals surface area contributed by atoms with Crippen molar-refractivity contribution in [2.75, 3.05) is 13.2 Å². The standard InChI is InChI=1S/C12H16ClNO2/c1-9-4-3-5-11(8-9)16-7-6-14-12(15)10(2)13/h3-5,8,10H,6-7H2,1-2H3,(H,14,15)/t10-/m1/s1. The van der Waals surface area contributed by atoms with Crippen molar-refractivity contribution in [3.8, 4) is 5.75 Å². The minimum absolute atomic E-state index is 0.172.